The Bertz CT molecular complexity index is 623. The molecule has 0 aliphatic heterocycles. The first kappa shape index (κ1) is 16.1. The van der Waals surface area contributed by atoms with Gasteiger partial charge in [0.25, 0.3) is 5.91 Å². The summed E-state index contributed by atoms with van der Waals surface area (Å²) in [6.45, 7) is 4.07. The lowest BCUT2D eigenvalue weighted by Crippen LogP contribution is -2.28. The molecular weight excluding hydrogens is 274 g/mol. The molecule has 0 saturated heterocycles. The lowest BCUT2D eigenvalue weighted by Gasteiger charge is -2.19. The van der Waals surface area contributed by atoms with Gasteiger partial charge in [-0.1, -0.05) is 43.7 Å². The summed E-state index contributed by atoms with van der Waals surface area (Å²) in [4.78, 5) is 12.5. The zero-order chi connectivity index (χ0) is 15.9. The van der Waals surface area contributed by atoms with Crippen molar-refractivity contribution in [1.82, 2.24) is 5.32 Å². The van der Waals surface area contributed by atoms with Crippen LogP contribution >= 0.6 is 0 Å². The highest BCUT2D eigenvalue weighted by atomic mass is 16.5. The highest BCUT2D eigenvalue weighted by molar-refractivity contribution is 5.94. The van der Waals surface area contributed by atoms with E-state index in [0.717, 1.165) is 29.7 Å². The monoisotopic (exact) mass is 297 g/mol. The van der Waals surface area contributed by atoms with E-state index in [1.165, 1.54) is 0 Å². The van der Waals surface area contributed by atoms with E-state index in [0.29, 0.717) is 5.56 Å². The van der Waals surface area contributed by atoms with Gasteiger partial charge in [-0.25, -0.2) is 0 Å². The van der Waals surface area contributed by atoms with Crippen LogP contribution in [-0.2, 0) is 0 Å². The Balaban J connectivity index is 2.16. The van der Waals surface area contributed by atoms with E-state index in [-0.39, 0.29) is 11.9 Å². The number of amides is 1. The summed E-state index contributed by atoms with van der Waals surface area (Å²) in [5.74, 6) is 0.748. The van der Waals surface area contributed by atoms with Crippen LogP contribution in [0.4, 0.5) is 0 Å². The average molecular weight is 297 g/mol. The number of hydrogen-bond donors (Lipinski definition) is 1. The number of carbonyl (C=O) groups excluding carboxylic acids is 1. The molecule has 3 nitrogen and oxygen atoms in total. The maximum atomic E-state index is 12.5. The van der Waals surface area contributed by atoms with Gasteiger partial charge in [-0.15, -0.1) is 0 Å². The predicted octanol–water partition coefficient (Wildman–Crippen LogP) is 4.27. The Morgan fingerprint density at radius 3 is 2.50 bits per heavy atom. The smallest absolute Gasteiger partial charge is 0.251 e. The molecule has 0 fully saturated rings. The molecule has 2 rings (SSSR count). The van der Waals surface area contributed by atoms with Crippen molar-refractivity contribution in [2.45, 2.75) is 32.7 Å². The number of methoxy groups -OCH3 is 1. The number of aryl methyl sites for hydroxylation is 1. The maximum absolute atomic E-state index is 12.5. The van der Waals surface area contributed by atoms with Crippen molar-refractivity contribution in [3.8, 4) is 5.75 Å². The van der Waals surface area contributed by atoms with E-state index in [1.54, 1.807) is 13.2 Å². The largest absolute Gasteiger partial charge is 0.496 e. The SMILES string of the molecule is CCCC(NC(=O)c1ccc(OC)c(C)c1)c1ccccc1. The molecule has 0 aliphatic rings. The van der Waals surface area contributed by atoms with E-state index >= 15 is 0 Å². The highest BCUT2D eigenvalue weighted by Gasteiger charge is 2.15. The Morgan fingerprint density at radius 2 is 1.91 bits per heavy atom. The number of benzene rings is 2. The van der Waals surface area contributed by atoms with Gasteiger partial charge in [0.2, 0.25) is 0 Å². The van der Waals surface area contributed by atoms with Gasteiger partial charge in [0, 0.05) is 5.56 Å². The third-order valence-corrected chi connectivity index (χ3v) is 3.74. The van der Waals surface area contributed by atoms with E-state index in [1.807, 2.05) is 37.3 Å². The Hall–Kier alpha value is -2.29. The van der Waals surface area contributed by atoms with Crippen molar-refractivity contribution in [2.24, 2.45) is 0 Å². The highest BCUT2D eigenvalue weighted by Crippen LogP contribution is 2.21. The molecule has 1 atom stereocenters. The number of nitrogens with one attached hydrogen (secondary N) is 1. The summed E-state index contributed by atoms with van der Waals surface area (Å²) < 4.78 is 5.24. The van der Waals surface area contributed by atoms with E-state index in [4.69, 9.17) is 4.74 Å². The second-order valence-corrected chi connectivity index (χ2v) is 5.41. The third-order valence-electron chi connectivity index (χ3n) is 3.74. The first-order valence-electron chi connectivity index (χ1n) is 7.66. The summed E-state index contributed by atoms with van der Waals surface area (Å²) >= 11 is 0. The quantitative estimate of drug-likeness (QED) is 0.864. The molecule has 0 heterocycles. The minimum absolute atomic E-state index is 0.0427. The molecule has 0 bridgehead atoms. The van der Waals surface area contributed by atoms with Crippen LogP contribution in [0.2, 0.25) is 0 Å². The molecule has 0 spiro atoms. The van der Waals surface area contributed by atoms with Gasteiger partial charge < -0.3 is 10.1 Å². The number of carbonyl (C=O) groups is 1. The van der Waals surface area contributed by atoms with Crippen molar-refractivity contribution in [1.29, 1.82) is 0 Å². The molecular formula is C19H23NO2. The Morgan fingerprint density at radius 1 is 1.18 bits per heavy atom. The van der Waals surface area contributed by atoms with Gasteiger partial charge in [-0.2, -0.15) is 0 Å². The summed E-state index contributed by atoms with van der Waals surface area (Å²) in [5, 5.41) is 3.14. The molecule has 22 heavy (non-hydrogen) atoms. The number of rotatable bonds is 6. The number of hydrogen-bond acceptors (Lipinski definition) is 2. The summed E-state index contributed by atoms with van der Waals surface area (Å²) in [6, 6.07) is 15.6. The van der Waals surface area contributed by atoms with E-state index < -0.39 is 0 Å². The minimum Gasteiger partial charge on any atom is -0.496 e. The van der Waals surface area contributed by atoms with Crippen LogP contribution in [-0.4, -0.2) is 13.0 Å². The molecule has 1 N–H and O–H groups in total. The van der Waals surface area contributed by atoms with Gasteiger partial charge >= 0.3 is 0 Å². The fourth-order valence-electron chi connectivity index (χ4n) is 2.56. The topological polar surface area (TPSA) is 38.3 Å². The molecule has 1 amide bonds. The van der Waals surface area contributed by atoms with Gasteiger partial charge in [0.15, 0.2) is 0 Å². The van der Waals surface area contributed by atoms with E-state index in [9.17, 15) is 4.79 Å². The Labute approximate surface area is 132 Å². The van der Waals surface area contributed by atoms with Crippen LogP contribution < -0.4 is 10.1 Å². The number of ether oxygens (including phenoxy) is 1. The molecule has 0 radical (unpaired) electrons. The Kier molecular flexibility index (Phi) is 5.59. The fourth-order valence-corrected chi connectivity index (χ4v) is 2.56. The van der Waals surface area contributed by atoms with Crippen LogP contribution in [0.25, 0.3) is 0 Å². The zero-order valence-electron chi connectivity index (χ0n) is 13.4. The molecule has 116 valence electrons. The maximum Gasteiger partial charge on any atom is 0.251 e. The standard InChI is InChI=1S/C19H23NO2/c1-4-8-17(15-9-6-5-7-10-15)20-19(21)16-11-12-18(22-3)14(2)13-16/h5-7,9-13,17H,4,8H2,1-3H3,(H,20,21). The summed E-state index contributed by atoms with van der Waals surface area (Å²) in [5.41, 5.74) is 2.76. The minimum atomic E-state index is -0.0481. The van der Waals surface area contributed by atoms with E-state index in [2.05, 4.69) is 24.4 Å². The van der Waals surface area contributed by atoms with Crippen LogP contribution in [0.1, 0.15) is 47.3 Å². The van der Waals surface area contributed by atoms with Crippen LogP contribution in [0.5, 0.6) is 5.75 Å². The average Bonchev–Trinajstić information content (AvgIpc) is 2.55. The summed E-state index contributed by atoms with van der Waals surface area (Å²) in [7, 11) is 1.63. The normalized spacial score (nSPS) is 11.8. The van der Waals surface area contributed by atoms with Crippen molar-refractivity contribution in [3.05, 3.63) is 65.2 Å². The fraction of sp³-hybridized carbons (Fsp3) is 0.316. The second-order valence-electron chi connectivity index (χ2n) is 5.41. The molecule has 0 aromatic heterocycles. The molecule has 0 aliphatic carbocycles. The predicted molar refractivity (Wildman–Crippen MR) is 89.3 cm³/mol. The first-order valence-corrected chi connectivity index (χ1v) is 7.66. The van der Waals surface area contributed by atoms with Crippen LogP contribution in [0.3, 0.4) is 0 Å². The van der Waals surface area contributed by atoms with Gasteiger partial charge in [-0.3, -0.25) is 4.79 Å². The molecule has 2 aromatic carbocycles. The van der Waals surface area contributed by atoms with Crippen LogP contribution in [0, 0.1) is 6.92 Å². The molecule has 2 aromatic rings. The zero-order valence-corrected chi connectivity index (χ0v) is 13.4. The molecule has 1 unspecified atom stereocenters. The van der Waals surface area contributed by atoms with Crippen molar-refractivity contribution in [2.75, 3.05) is 7.11 Å². The van der Waals surface area contributed by atoms with Crippen LogP contribution in [0.15, 0.2) is 48.5 Å². The molecule has 3 heteroatoms. The molecule has 0 saturated carbocycles. The van der Waals surface area contributed by atoms with Gasteiger partial charge in [0.05, 0.1) is 13.2 Å². The lowest BCUT2D eigenvalue weighted by molar-refractivity contribution is 0.0934. The first-order chi connectivity index (χ1) is 10.7. The second kappa shape index (κ2) is 7.64. The van der Waals surface area contributed by atoms with Gasteiger partial charge in [0.1, 0.15) is 5.75 Å². The third kappa shape index (κ3) is 3.88. The van der Waals surface area contributed by atoms with Crippen molar-refractivity contribution in [3.63, 3.8) is 0 Å². The van der Waals surface area contributed by atoms with Gasteiger partial charge in [-0.05, 0) is 42.7 Å². The van der Waals surface area contributed by atoms with Crippen molar-refractivity contribution >= 4 is 5.91 Å². The lowest BCUT2D eigenvalue weighted by atomic mass is 10.0. The summed E-state index contributed by atoms with van der Waals surface area (Å²) in [6.07, 6.45) is 1.94. The van der Waals surface area contributed by atoms with Crippen molar-refractivity contribution < 1.29 is 9.53 Å².